The molecule has 0 spiro atoms. The Hall–Kier alpha value is -1.05. The lowest BCUT2D eigenvalue weighted by Gasteiger charge is -2.17. The van der Waals surface area contributed by atoms with Crippen LogP contribution in [0.4, 0.5) is 8.78 Å². The Morgan fingerprint density at radius 1 is 1.29 bits per heavy atom. The van der Waals surface area contributed by atoms with Gasteiger partial charge in [0.05, 0.1) is 17.2 Å². The Morgan fingerprint density at radius 3 is 2.12 bits per heavy atom. The molecule has 0 bridgehead atoms. The van der Waals surface area contributed by atoms with E-state index in [1.54, 1.807) is 0 Å². The summed E-state index contributed by atoms with van der Waals surface area (Å²) in [6.45, 7) is 0. The number of carboxylic acids is 1. The first-order valence-corrected chi connectivity index (χ1v) is 5.65. The number of rotatable bonds is 4. The quantitative estimate of drug-likeness (QED) is 0.736. The molecule has 0 aliphatic heterocycles. The van der Waals surface area contributed by atoms with Gasteiger partial charge in [0.15, 0.2) is 0 Å². The molecule has 1 aromatic carbocycles. The van der Waals surface area contributed by atoms with E-state index >= 15 is 0 Å². The van der Waals surface area contributed by atoms with Crippen LogP contribution < -0.4 is 0 Å². The smallest absolute Gasteiger partial charge is 0.335 e. The predicted octanol–water partition coefficient (Wildman–Crippen LogP) is 1.45. The van der Waals surface area contributed by atoms with E-state index in [2.05, 4.69) is 15.9 Å². The van der Waals surface area contributed by atoms with Gasteiger partial charge in [0.2, 0.25) is 0 Å². The summed E-state index contributed by atoms with van der Waals surface area (Å²) in [6, 6.07) is 1.18. The highest BCUT2D eigenvalue weighted by molar-refractivity contribution is 9.09. The van der Waals surface area contributed by atoms with Crippen molar-refractivity contribution in [1.29, 1.82) is 0 Å². The van der Waals surface area contributed by atoms with Gasteiger partial charge in [-0.05, 0) is 12.1 Å². The minimum absolute atomic E-state index is 0.0757. The molecule has 94 valence electrons. The molecule has 0 aliphatic carbocycles. The number of aliphatic hydroxyl groups excluding tert-OH is 2. The van der Waals surface area contributed by atoms with Crippen molar-refractivity contribution in [2.24, 2.45) is 0 Å². The molecule has 0 radical (unpaired) electrons. The molecular weight excluding hydrogens is 302 g/mol. The van der Waals surface area contributed by atoms with Crippen molar-refractivity contribution in [2.75, 3.05) is 5.33 Å². The van der Waals surface area contributed by atoms with Crippen molar-refractivity contribution < 1.29 is 28.9 Å². The van der Waals surface area contributed by atoms with Crippen LogP contribution in [0.1, 0.15) is 22.0 Å². The average Bonchev–Trinajstić information content (AvgIpc) is 2.26. The van der Waals surface area contributed by atoms with Crippen molar-refractivity contribution in [1.82, 2.24) is 0 Å². The second kappa shape index (κ2) is 5.52. The van der Waals surface area contributed by atoms with Crippen LogP contribution in [-0.2, 0) is 0 Å². The highest BCUT2D eigenvalue weighted by atomic mass is 79.9. The fraction of sp³-hybridized carbons (Fsp3) is 0.300. The zero-order valence-corrected chi connectivity index (χ0v) is 9.99. The standard InChI is InChI=1S/C10H9BrF2O4/c11-3-7(14)9(15)8-5(12)1-4(10(16)17)2-6(8)13/h1-2,7,9,14-15H,3H2,(H,16,17). The van der Waals surface area contributed by atoms with Gasteiger partial charge in [0.25, 0.3) is 0 Å². The van der Waals surface area contributed by atoms with Crippen LogP contribution in [0.15, 0.2) is 12.1 Å². The van der Waals surface area contributed by atoms with E-state index < -0.39 is 40.9 Å². The van der Waals surface area contributed by atoms with E-state index in [1.807, 2.05) is 0 Å². The third-order valence-electron chi connectivity index (χ3n) is 2.14. The van der Waals surface area contributed by atoms with Gasteiger partial charge >= 0.3 is 5.97 Å². The fourth-order valence-electron chi connectivity index (χ4n) is 1.27. The van der Waals surface area contributed by atoms with Crippen LogP contribution in [0, 0.1) is 11.6 Å². The molecule has 0 heterocycles. The highest BCUT2D eigenvalue weighted by Crippen LogP contribution is 2.25. The zero-order chi connectivity index (χ0) is 13.2. The van der Waals surface area contributed by atoms with E-state index in [9.17, 15) is 23.8 Å². The summed E-state index contributed by atoms with van der Waals surface area (Å²) >= 11 is 2.85. The van der Waals surface area contributed by atoms with E-state index in [-0.39, 0.29) is 5.33 Å². The maximum atomic E-state index is 13.4. The molecule has 7 heteroatoms. The summed E-state index contributed by atoms with van der Waals surface area (Å²) in [4.78, 5) is 10.5. The molecule has 0 aliphatic rings. The molecule has 0 fully saturated rings. The Labute approximate surface area is 104 Å². The third-order valence-corrected chi connectivity index (χ3v) is 2.81. The molecule has 0 saturated carbocycles. The number of halogens is 3. The van der Waals surface area contributed by atoms with Crippen LogP contribution in [0.5, 0.6) is 0 Å². The average molecular weight is 311 g/mol. The van der Waals surface area contributed by atoms with Gasteiger partial charge in [-0.3, -0.25) is 0 Å². The normalized spacial score (nSPS) is 14.4. The molecule has 2 atom stereocenters. The third kappa shape index (κ3) is 2.99. The molecule has 0 aromatic heterocycles. The first-order chi connectivity index (χ1) is 7.88. The van der Waals surface area contributed by atoms with Crippen molar-refractivity contribution >= 4 is 21.9 Å². The first-order valence-electron chi connectivity index (χ1n) is 4.52. The summed E-state index contributed by atoms with van der Waals surface area (Å²) in [5.74, 6) is -3.91. The maximum absolute atomic E-state index is 13.4. The van der Waals surface area contributed by atoms with Gasteiger partial charge in [-0.15, -0.1) is 0 Å². The molecule has 1 rings (SSSR count). The van der Waals surface area contributed by atoms with Crippen LogP contribution in [0.2, 0.25) is 0 Å². The Morgan fingerprint density at radius 2 is 1.76 bits per heavy atom. The number of aliphatic hydroxyl groups is 2. The van der Waals surface area contributed by atoms with Crippen molar-refractivity contribution in [3.05, 3.63) is 34.9 Å². The molecule has 0 amide bonds. The van der Waals surface area contributed by atoms with Crippen molar-refractivity contribution in [3.63, 3.8) is 0 Å². The second-order valence-corrected chi connectivity index (χ2v) is 3.97. The molecular formula is C10H9BrF2O4. The maximum Gasteiger partial charge on any atom is 0.335 e. The summed E-state index contributed by atoms with van der Waals surface area (Å²) in [7, 11) is 0. The van der Waals surface area contributed by atoms with Crippen molar-refractivity contribution in [3.8, 4) is 0 Å². The Bertz CT molecular complexity index is 415. The summed E-state index contributed by atoms with van der Waals surface area (Å²) in [6.07, 6.45) is -3.16. The highest BCUT2D eigenvalue weighted by Gasteiger charge is 2.25. The minimum Gasteiger partial charge on any atom is -0.478 e. The van der Waals surface area contributed by atoms with Crippen LogP contribution in [-0.4, -0.2) is 32.7 Å². The predicted molar refractivity (Wildman–Crippen MR) is 58.1 cm³/mol. The van der Waals surface area contributed by atoms with Crippen LogP contribution >= 0.6 is 15.9 Å². The number of hydrogen-bond acceptors (Lipinski definition) is 3. The summed E-state index contributed by atoms with van der Waals surface area (Å²) < 4.78 is 26.9. The zero-order valence-electron chi connectivity index (χ0n) is 8.40. The van der Waals surface area contributed by atoms with E-state index in [0.29, 0.717) is 12.1 Å². The van der Waals surface area contributed by atoms with E-state index in [0.717, 1.165) is 0 Å². The summed E-state index contributed by atoms with van der Waals surface area (Å²) in [5.41, 5.74) is -1.31. The Kier molecular flexibility index (Phi) is 4.55. The number of carbonyl (C=O) groups is 1. The lowest BCUT2D eigenvalue weighted by atomic mass is 10.0. The van der Waals surface area contributed by atoms with E-state index in [4.69, 9.17) is 5.11 Å². The van der Waals surface area contributed by atoms with Crippen molar-refractivity contribution in [2.45, 2.75) is 12.2 Å². The molecule has 1 aromatic rings. The molecule has 3 N–H and O–H groups in total. The molecule has 4 nitrogen and oxygen atoms in total. The Balaban J connectivity index is 3.22. The number of aromatic carboxylic acids is 1. The van der Waals surface area contributed by atoms with Gasteiger partial charge in [-0.1, -0.05) is 15.9 Å². The van der Waals surface area contributed by atoms with Crippen LogP contribution in [0.3, 0.4) is 0 Å². The van der Waals surface area contributed by atoms with Gasteiger partial charge in [-0.2, -0.15) is 0 Å². The lowest BCUT2D eigenvalue weighted by Crippen LogP contribution is -2.22. The largest absolute Gasteiger partial charge is 0.478 e. The number of alkyl halides is 1. The molecule has 17 heavy (non-hydrogen) atoms. The van der Waals surface area contributed by atoms with E-state index in [1.165, 1.54) is 0 Å². The van der Waals surface area contributed by atoms with Gasteiger partial charge < -0.3 is 15.3 Å². The number of carboxylic acid groups (broad SMARTS) is 1. The topological polar surface area (TPSA) is 77.8 Å². The second-order valence-electron chi connectivity index (χ2n) is 3.33. The molecule has 0 saturated heterocycles. The fourth-order valence-corrected chi connectivity index (χ4v) is 1.62. The minimum atomic E-state index is -1.77. The van der Waals surface area contributed by atoms with Crippen LogP contribution in [0.25, 0.3) is 0 Å². The number of hydrogen-bond donors (Lipinski definition) is 3. The van der Waals surface area contributed by atoms with Gasteiger partial charge in [0.1, 0.15) is 17.7 Å². The first kappa shape index (κ1) is 14.0. The SMILES string of the molecule is O=C(O)c1cc(F)c(C(O)C(O)CBr)c(F)c1. The summed E-state index contributed by atoms with van der Waals surface area (Å²) in [5, 5.41) is 27.2. The molecule has 2 unspecified atom stereocenters. The van der Waals surface area contributed by atoms with Gasteiger partial charge in [-0.25, -0.2) is 13.6 Å². The van der Waals surface area contributed by atoms with Gasteiger partial charge in [0, 0.05) is 5.33 Å². The lowest BCUT2D eigenvalue weighted by molar-refractivity contribution is 0.0295. The number of benzene rings is 1. The monoisotopic (exact) mass is 310 g/mol.